The van der Waals surface area contributed by atoms with Crippen molar-refractivity contribution in [3.8, 4) is 0 Å². The molecule has 5 heteroatoms. The van der Waals surface area contributed by atoms with Gasteiger partial charge in [0, 0.05) is 17.2 Å². The third-order valence-corrected chi connectivity index (χ3v) is 3.88. The van der Waals surface area contributed by atoms with Crippen LogP contribution in [0.1, 0.15) is 35.7 Å². The zero-order chi connectivity index (χ0) is 15.9. The van der Waals surface area contributed by atoms with Crippen LogP contribution in [0.5, 0.6) is 0 Å². The van der Waals surface area contributed by atoms with Crippen molar-refractivity contribution in [1.29, 1.82) is 0 Å². The van der Waals surface area contributed by atoms with Crippen LogP contribution < -0.4 is 10.6 Å². The molecule has 0 saturated carbocycles. The Kier molecular flexibility index (Phi) is 5.95. The normalized spacial score (nSPS) is 10.3. The Bertz CT molecular complexity index is 658. The van der Waals surface area contributed by atoms with Crippen LogP contribution >= 0.6 is 15.9 Å². The zero-order valence-corrected chi connectivity index (χ0v) is 14.4. The first-order valence-corrected chi connectivity index (χ1v) is 8.16. The number of aryl methyl sites for hydroxylation is 1. The molecule has 1 amide bonds. The van der Waals surface area contributed by atoms with Crippen LogP contribution in [0.3, 0.4) is 0 Å². The standard InChI is InChI=1S/C17H20BrN3O/c1-3-4-7-20-17(22)13-9-14(11-19-10-13)21-16-6-5-12(2)8-15(16)18/h5-6,8-11,21H,3-4,7H2,1-2H3,(H,20,22). The molecule has 0 spiro atoms. The molecule has 0 aliphatic heterocycles. The van der Waals surface area contributed by atoms with Crippen molar-refractivity contribution < 1.29 is 4.79 Å². The second kappa shape index (κ2) is 7.94. The molecule has 0 saturated heterocycles. The van der Waals surface area contributed by atoms with Gasteiger partial charge in [-0.15, -0.1) is 0 Å². The predicted octanol–water partition coefficient (Wildman–Crippen LogP) is 4.43. The third kappa shape index (κ3) is 4.56. The maximum absolute atomic E-state index is 12.0. The summed E-state index contributed by atoms with van der Waals surface area (Å²) in [5, 5.41) is 6.17. The van der Waals surface area contributed by atoms with Gasteiger partial charge in [-0.2, -0.15) is 0 Å². The number of amides is 1. The molecule has 2 N–H and O–H groups in total. The van der Waals surface area contributed by atoms with Gasteiger partial charge in [0.1, 0.15) is 0 Å². The lowest BCUT2D eigenvalue weighted by molar-refractivity contribution is 0.0953. The maximum atomic E-state index is 12.0. The number of benzene rings is 1. The topological polar surface area (TPSA) is 54.0 Å². The Labute approximate surface area is 139 Å². The summed E-state index contributed by atoms with van der Waals surface area (Å²) in [6, 6.07) is 7.87. The molecule has 0 aliphatic carbocycles. The van der Waals surface area contributed by atoms with Crippen LogP contribution in [0.2, 0.25) is 0 Å². The molecule has 1 aromatic carbocycles. The van der Waals surface area contributed by atoms with Gasteiger partial charge in [0.05, 0.1) is 23.1 Å². The van der Waals surface area contributed by atoms with Gasteiger partial charge in [-0.3, -0.25) is 9.78 Å². The van der Waals surface area contributed by atoms with Gasteiger partial charge < -0.3 is 10.6 Å². The molecule has 0 unspecified atom stereocenters. The second-order valence-electron chi connectivity index (χ2n) is 5.18. The Hall–Kier alpha value is -1.88. The van der Waals surface area contributed by atoms with Crippen molar-refractivity contribution in [3.05, 3.63) is 52.3 Å². The second-order valence-corrected chi connectivity index (χ2v) is 6.03. The molecule has 0 radical (unpaired) electrons. The highest BCUT2D eigenvalue weighted by Crippen LogP contribution is 2.26. The van der Waals surface area contributed by atoms with Crippen LogP contribution in [-0.2, 0) is 0 Å². The Morgan fingerprint density at radius 2 is 2.09 bits per heavy atom. The van der Waals surface area contributed by atoms with Crippen molar-refractivity contribution in [1.82, 2.24) is 10.3 Å². The van der Waals surface area contributed by atoms with Crippen molar-refractivity contribution in [2.45, 2.75) is 26.7 Å². The molecule has 4 nitrogen and oxygen atoms in total. The van der Waals surface area contributed by atoms with Gasteiger partial charge in [-0.05, 0) is 53.0 Å². The van der Waals surface area contributed by atoms with Crippen molar-refractivity contribution in [3.63, 3.8) is 0 Å². The summed E-state index contributed by atoms with van der Waals surface area (Å²) in [5.74, 6) is -0.0902. The van der Waals surface area contributed by atoms with E-state index in [1.807, 2.05) is 25.1 Å². The minimum atomic E-state index is -0.0902. The monoisotopic (exact) mass is 361 g/mol. The number of hydrogen-bond acceptors (Lipinski definition) is 3. The molecule has 0 fully saturated rings. The van der Waals surface area contributed by atoms with E-state index in [4.69, 9.17) is 0 Å². The fourth-order valence-electron chi connectivity index (χ4n) is 1.99. The van der Waals surface area contributed by atoms with Gasteiger partial charge in [-0.25, -0.2) is 0 Å². The number of pyridine rings is 1. The van der Waals surface area contributed by atoms with Gasteiger partial charge in [0.15, 0.2) is 0 Å². The molecule has 1 aromatic heterocycles. The molecular weight excluding hydrogens is 342 g/mol. The largest absolute Gasteiger partial charge is 0.353 e. The number of nitrogens with zero attached hydrogens (tertiary/aromatic N) is 1. The highest BCUT2D eigenvalue weighted by molar-refractivity contribution is 9.10. The van der Waals surface area contributed by atoms with Gasteiger partial charge in [0.25, 0.3) is 5.91 Å². The quantitative estimate of drug-likeness (QED) is 0.748. The number of hydrogen-bond donors (Lipinski definition) is 2. The number of unbranched alkanes of at least 4 members (excludes halogenated alkanes) is 1. The number of carbonyl (C=O) groups is 1. The summed E-state index contributed by atoms with van der Waals surface area (Å²) in [4.78, 5) is 16.2. The first kappa shape index (κ1) is 16.5. The number of aromatic nitrogens is 1. The summed E-state index contributed by atoms with van der Waals surface area (Å²) >= 11 is 3.53. The highest BCUT2D eigenvalue weighted by atomic mass is 79.9. The van der Waals surface area contributed by atoms with Crippen molar-refractivity contribution in [2.75, 3.05) is 11.9 Å². The van der Waals surface area contributed by atoms with E-state index < -0.39 is 0 Å². The van der Waals surface area contributed by atoms with Gasteiger partial charge in [-0.1, -0.05) is 19.4 Å². The van der Waals surface area contributed by atoms with E-state index >= 15 is 0 Å². The third-order valence-electron chi connectivity index (χ3n) is 3.22. The Morgan fingerprint density at radius 1 is 1.27 bits per heavy atom. The van der Waals surface area contributed by atoms with E-state index in [-0.39, 0.29) is 5.91 Å². The molecule has 22 heavy (non-hydrogen) atoms. The number of rotatable bonds is 6. The van der Waals surface area contributed by atoms with Crippen molar-refractivity contribution >= 4 is 33.2 Å². The Balaban J connectivity index is 2.09. The molecule has 0 atom stereocenters. The number of carbonyl (C=O) groups excluding carboxylic acids is 1. The Morgan fingerprint density at radius 3 is 2.82 bits per heavy atom. The van der Waals surface area contributed by atoms with E-state index in [1.54, 1.807) is 18.5 Å². The summed E-state index contributed by atoms with van der Waals surface area (Å²) in [6.07, 6.45) is 5.32. The number of nitrogens with one attached hydrogen (secondary N) is 2. The maximum Gasteiger partial charge on any atom is 0.252 e. The first-order valence-electron chi connectivity index (χ1n) is 7.36. The lowest BCUT2D eigenvalue weighted by Gasteiger charge is -2.10. The average molecular weight is 362 g/mol. The van der Waals surface area contributed by atoms with Crippen molar-refractivity contribution in [2.24, 2.45) is 0 Å². The minimum Gasteiger partial charge on any atom is -0.353 e. The smallest absolute Gasteiger partial charge is 0.252 e. The van der Waals surface area contributed by atoms with E-state index in [0.29, 0.717) is 12.1 Å². The average Bonchev–Trinajstić information content (AvgIpc) is 2.50. The fraction of sp³-hybridized carbons (Fsp3) is 0.294. The van der Waals surface area contributed by atoms with E-state index in [2.05, 4.69) is 38.5 Å². The molecule has 116 valence electrons. The van der Waals surface area contributed by atoms with Crippen LogP contribution in [0, 0.1) is 6.92 Å². The van der Waals surface area contributed by atoms with Crippen LogP contribution in [0.4, 0.5) is 11.4 Å². The van der Waals surface area contributed by atoms with Gasteiger partial charge in [0.2, 0.25) is 0 Å². The summed E-state index contributed by atoms with van der Waals surface area (Å²) in [7, 11) is 0. The molecule has 2 aromatic rings. The number of anilines is 2. The summed E-state index contributed by atoms with van der Waals surface area (Å²) in [6.45, 7) is 4.82. The van der Waals surface area contributed by atoms with E-state index in [1.165, 1.54) is 5.56 Å². The first-order chi connectivity index (χ1) is 10.6. The van der Waals surface area contributed by atoms with Crippen LogP contribution in [-0.4, -0.2) is 17.4 Å². The molecule has 0 aliphatic rings. The van der Waals surface area contributed by atoms with Crippen LogP contribution in [0.15, 0.2) is 41.1 Å². The zero-order valence-electron chi connectivity index (χ0n) is 12.8. The molecule has 2 rings (SSSR count). The number of halogens is 1. The molecule has 0 bridgehead atoms. The SMILES string of the molecule is CCCCNC(=O)c1cncc(Nc2ccc(C)cc2Br)c1. The lowest BCUT2D eigenvalue weighted by Crippen LogP contribution is -2.24. The van der Waals surface area contributed by atoms with Crippen LogP contribution in [0.25, 0.3) is 0 Å². The van der Waals surface area contributed by atoms with Gasteiger partial charge >= 0.3 is 0 Å². The molecular formula is C17H20BrN3O. The highest BCUT2D eigenvalue weighted by Gasteiger charge is 2.07. The lowest BCUT2D eigenvalue weighted by atomic mass is 10.2. The fourth-order valence-corrected chi connectivity index (χ4v) is 2.58. The predicted molar refractivity (Wildman–Crippen MR) is 93.6 cm³/mol. The molecule has 1 heterocycles. The van der Waals surface area contributed by atoms with E-state index in [0.717, 1.165) is 28.7 Å². The summed E-state index contributed by atoms with van der Waals surface area (Å²) < 4.78 is 0.977. The summed E-state index contributed by atoms with van der Waals surface area (Å²) in [5.41, 5.74) is 3.47. The van der Waals surface area contributed by atoms with E-state index in [9.17, 15) is 4.79 Å². The minimum absolute atomic E-state index is 0.0902.